The third kappa shape index (κ3) is 3.32. The summed E-state index contributed by atoms with van der Waals surface area (Å²) in [5, 5.41) is 0. The van der Waals surface area contributed by atoms with E-state index in [2.05, 4.69) is 0 Å². The first-order valence-electron chi connectivity index (χ1n) is 6.24. The van der Waals surface area contributed by atoms with Crippen LogP contribution in [0.2, 0.25) is 0 Å². The Balaban J connectivity index is 2.13. The molecule has 2 nitrogen and oxygen atoms in total. The maximum atomic E-state index is 13.1. The molecular weight excluding hydrogens is 241 g/mol. The van der Waals surface area contributed by atoms with Crippen molar-refractivity contribution < 1.29 is 9.13 Å². The first kappa shape index (κ1) is 13.6. The zero-order chi connectivity index (χ0) is 13.8. The fraction of sp³-hybridized carbons (Fsp3) is 0.250. The fourth-order valence-corrected chi connectivity index (χ4v) is 2.18. The van der Waals surface area contributed by atoms with E-state index in [1.165, 1.54) is 12.1 Å². The summed E-state index contributed by atoms with van der Waals surface area (Å²) in [5.74, 6) is 0.605. The van der Waals surface area contributed by atoms with Crippen LogP contribution in [0.25, 0.3) is 0 Å². The van der Waals surface area contributed by atoms with Gasteiger partial charge in [0, 0.05) is 6.04 Å². The third-order valence-corrected chi connectivity index (χ3v) is 3.25. The molecule has 0 aliphatic carbocycles. The monoisotopic (exact) mass is 259 g/mol. The van der Waals surface area contributed by atoms with Gasteiger partial charge in [-0.2, -0.15) is 0 Å². The summed E-state index contributed by atoms with van der Waals surface area (Å²) < 4.78 is 18.2. The van der Waals surface area contributed by atoms with Gasteiger partial charge in [0.25, 0.3) is 0 Å². The quantitative estimate of drug-likeness (QED) is 0.913. The topological polar surface area (TPSA) is 35.2 Å². The Kier molecular flexibility index (Phi) is 4.17. The van der Waals surface area contributed by atoms with Crippen molar-refractivity contribution in [2.45, 2.75) is 19.4 Å². The molecular formula is C16H18FNO. The van der Waals surface area contributed by atoms with Crippen molar-refractivity contribution in [3.8, 4) is 5.75 Å². The van der Waals surface area contributed by atoms with Gasteiger partial charge in [-0.15, -0.1) is 0 Å². The molecule has 2 aromatic rings. The predicted octanol–water partition coefficient (Wildman–Crippen LogP) is 3.39. The first-order valence-corrected chi connectivity index (χ1v) is 6.24. The molecule has 0 heterocycles. The van der Waals surface area contributed by atoms with Crippen LogP contribution in [-0.4, -0.2) is 7.11 Å². The Bertz CT molecular complexity index is 551. The molecule has 0 saturated carbocycles. The standard InChI is InChI=1S/C16H18FNO/c1-11-9-13(17)5-8-15(11)16(18)10-12-3-6-14(19-2)7-4-12/h3-9,16H,10,18H2,1-2H3. The molecule has 0 aromatic heterocycles. The van der Waals surface area contributed by atoms with E-state index >= 15 is 0 Å². The zero-order valence-corrected chi connectivity index (χ0v) is 11.2. The van der Waals surface area contributed by atoms with Crippen molar-refractivity contribution in [3.63, 3.8) is 0 Å². The summed E-state index contributed by atoms with van der Waals surface area (Å²) in [7, 11) is 1.64. The van der Waals surface area contributed by atoms with Crippen LogP contribution in [0.5, 0.6) is 5.75 Å². The Morgan fingerprint density at radius 2 is 1.84 bits per heavy atom. The Morgan fingerprint density at radius 1 is 1.16 bits per heavy atom. The largest absolute Gasteiger partial charge is 0.497 e. The summed E-state index contributed by atoms with van der Waals surface area (Å²) in [6, 6.07) is 12.4. The van der Waals surface area contributed by atoms with Gasteiger partial charge in [-0.05, 0) is 54.3 Å². The molecule has 2 aromatic carbocycles. The van der Waals surface area contributed by atoms with E-state index in [4.69, 9.17) is 10.5 Å². The lowest BCUT2D eigenvalue weighted by molar-refractivity contribution is 0.414. The molecule has 0 radical (unpaired) electrons. The lowest BCUT2D eigenvalue weighted by atomic mass is 9.96. The third-order valence-electron chi connectivity index (χ3n) is 3.25. The van der Waals surface area contributed by atoms with E-state index in [-0.39, 0.29) is 11.9 Å². The van der Waals surface area contributed by atoms with E-state index in [9.17, 15) is 4.39 Å². The number of benzene rings is 2. The molecule has 2 rings (SSSR count). The van der Waals surface area contributed by atoms with Gasteiger partial charge >= 0.3 is 0 Å². The van der Waals surface area contributed by atoms with Gasteiger partial charge in [0.1, 0.15) is 11.6 Å². The molecule has 0 fully saturated rings. The SMILES string of the molecule is COc1ccc(CC(N)c2ccc(F)cc2C)cc1. The van der Waals surface area contributed by atoms with Gasteiger partial charge in [-0.25, -0.2) is 4.39 Å². The fourth-order valence-electron chi connectivity index (χ4n) is 2.18. The summed E-state index contributed by atoms with van der Waals surface area (Å²) in [6.45, 7) is 1.88. The molecule has 2 N–H and O–H groups in total. The summed E-state index contributed by atoms with van der Waals surface area (Å²) in [5.41, 5.74) is 9.20. The highest BCUT2D eigenvalue weighted by Crippen LogP contribution is 2.21. The van der Waals surface area contributed by atoms with Crippen molar-refractivity contribution in [3.05, 3.63) is 65.0 Å². The summed E-state index contributed by atoms with van der Waals surface area (Å²) in [4.78, 5) is 0. The van der Waals surface area contributed by atoms with Gasteiger partial charge < -0.3 is 10.5 Å². The van der Waals surface area contributed by atoms with Crippen LogP contribution in [0.3, 0.4) is 0 Å². The average molecular weight is 259 g/mol. The summed E-state index contributed by atoms with van der Waals surface area (Å²) >= 11 is 0. The highest BCUT2D eigenvalue weighted by atomic mass is 19.1. The van der Waals surface area contributed by atoms with Crippen molar-refractivity contribution in [2.75, 3.05) is 7.11 Å². The Hall–Kier alpha value is -1.87. The molecule has 0 saturated heterocycles. The lowest BCUT2D eigenvalue weighted by Gasteiger charge is -2.15. The van der Waals surface area contributed by atoms with Gasteiger partial charge in [-0.3, -0.25) is 0 Å². The van der Waals surface area contributed by atoms with E-state index in [1.54, 1.807) is 13.2 Å². The second-order valence-electron chi connectivity index (χ2n) is 4.66. The molecule has 1 atom stereocenters. The van der Waals surface area contributed by atoms with Crippen LogP contribution in [0.15, 0.2) is 42.5 Å². The van der Waals surface area contributed by atoms with Crippen molar-refractivity contribution in [2.24, 2.45) is 5.73 Å². The van der Waals surface area contributed by atoms with Gasteiger partial charge in [0.15, 0.2) is 0 Å². The maximum absolute atomic E-state index is 13.1. The number of halogens is 1. The predicted molar refractivity (Wildman–Crippen MR) is 74.8 cm³/mol. The molecule has 19 heavy (non-hydrogen) atoms. The van der Waals surface area contributed by atoms with Crippen LogP contribution in [-0.2, 0) is 6.42 Å². The van der Waals surface area contributed by atoms with E-state index in [0.29, 0.717) is 0 Å². The van der Waals surface area contributed by atoms with Gasteiger partial charge in [0.05, 0.1) is 7.11 Å². The number of ether oxygens (including phenoxy) is 1. The van der Waals surface area contributed by atoms with Crippen LogP contribution < -0.4 is 10.5 Å². The molecule has 3 heteroatoms. The Morgan fingerprint density at radius 3 is 2.42 bits per heavy atom. The molecule has 0 spiro atoms. The highest BCUT2D eigenvalue weighted by molar-refractivity contribution is 5.32. The summed E-state index contributed by atoms with van der Waals surface area (Å²) in [6.07, 6.45) is 0.719. The molecule has 0 aliphatic rings. The molecule has 0 bridgehead atoms. The lowest BCUT2D eigenvalue weighted by Crippen LogP contribution is -2.14. The minimum Gasteiger partial charge on any atom is -0.497 e. The van der Waals surface area contributed by atoms with E-state index in [1.807, 2.05) is 31.2 Å². The van der Waals surface area contributed by atoms with Crippen LogP contribution in [0, 0.1) is 12.7 Å². The maximum Gasteiger partial charge on any atom is 0.123 e. The number of nitrogens with two attached hydrogens (primary N) is 1. The molecule has 0 aliphatic heterocycles. The van der Waals surface area contributed by atoms with Crippen molar-refractivity contribution >= 4 is 0 Å². The van der Waals surface area contributed by atoms with Crippen LogP contribution in [0.4, 0.5) is 4.39 Å². The number of aryl methyl sites for hydroxylation is 1. The van der Waals surface area contributed by atoms with Gasteiger partial charge in [0.2, 0.25) is 0 Å². The Labute approximate surface area is 113 Å². The molecule has 100 valence electrons. The molecule has 0 amide bonds. The second-order valence-corrected chi connectivity index (χ2v) is 4.66. The minimum atomic E-state index is -0.224. The van der Waals surface area contributed by atoms with Gasteiger partial charge in [-0.1, -0.05) is 18.2 Å². The van der Waals surface area contributed by atoms with Crippen LogP contribution >= 0.6 is 0 Å². The minimum absolute atomic E-state index is 0.131. The van der Waals surface area contributed by atoms with Crippen molar-refractivity contribution in [1.29, 1.82) is 0 Å². The number of methoxy groups -OCH3 is 1. The normalized spacial score (nSPS) is 12.2. The zero-order valence-electron chi connectivity index (χ0n) is 11.2. The number of hydrogen-bond acceptors (Lipinski definition) is 2. The smallest absolute Gasteiger partial charge is 0.123 e. The number of rotatable bonds is 4. The highest BCUT2D eigenvalue weighted by Gasteiger charge is 2.10. The number of hydrogen-bond donors (Lipinski definition) is 1. The average Bonchev–Trinajstić information content (AvgIpc) is 2.39. The van der Waals surface area contributed by atoms with Crippen molar-refractivity contribution in [1.82, 2.24) is 0 Å². The second kappa shape index (κ2) is 5.85. The van der Waals surface area contributed by atoms with Crippen LogP contribution in [0.1, 0.15) is 22.7 Å². The molecule has 1 unspecified atom stereocenters. The first-order chi connectivity index (χ1) is 9.10. The van der Waals surface area contributed by atoms with E-state index in [0.717, 1.165) is 28.9 Å². The van der Waals surface area contributed by atoms with E-state index < -0.39 is 0 Å².